The van der Waals surface area contributed by atoms with Crippen molar-refractivity contribution in [3.8, 4) is 5.75 Å². The average Bonchev–Trinajstić information content (AvgIpc) is 3.31. The third-order valence-corrected chi connectivity index (χ3v) is 4.06. The van der Waals surface area contributed by atoms with Crippen molar-refractivity contribution >= 4 is 5.91 Å². The van der Waals surface area contributed by atoms with Gasteiger partial charge in [0.05, 0.1) is 6.10 Å². The number of amides is 1. The lowest BCUT2D eigenvalue weighted by Crippen LogP contribution is -2.30. The minimum atomic E-state index is -0.387. The van der Waals surface area contributed by atoms with Gasteiger partial charge in [0.25, 0.3) is 0 Å². The Morgan fingerprint density at radius 3 is 2.96 bits per heavy atom. The summed E-state index contributed by atoms with van der Waals surface area (Å²) in [5, 5.41) is 6.87. The second-order valence-corrected chi connectivity index (χ2v) is 5.86. The van der Waals surface area contributed by atoms with Crippen molar-refractivity contribution in [3.63, 3.8) is 0 Å². The highest BCUT2D eigenvalue weighted by molar-refractivity contribution is 5.79. The van der Waals surface area contributed by atoms with E-state index in [0.29, 0.717) is 13.2 Å². The Bertz CT molecular complexity index is 636. The lowest BCUT2D eigenvalue weighted by atomic mass is 10.2. The first kappa shape index (κ1) is 16.4. The number of rotatable bonds is 7. The minimum absolute atomic E-state index is 0.0980. The molecule has 1 N–H and O–H groups in total. The van der Waals surface area contributed by atoms with Crippen molar-refractivity contribution in [2.24, 2.45) is 0 Å². The van der Waals surface area contributed by atoms with Gasteiger partial charge in [-0.05, 0) is 37.5 Å². The van der Waals surface area contributed by atoms with Crippen molar-refractivity contribution < 1.29 is 14.3 Å². The molecule has 1 saturated heterocycles. The molecule has 1 fully saturated rings. The van der Waals surface area contributed by atoms with Crippen LogP contribution in [-0.2, 0) is 16.1 Å². The number of nitrogens with one attached hydrogen (secondary N) is 1. The largest absolute Gasteiger partial charge is 0.491 e. The van der Waals surface area contributed by atoms with Crippen LogP contribution in [-0.4, -0.2) is 40.0 Å². The summed E-state index contributed by atoms with van der Waals surface area (Å²) in [6.07, 6.45) is 5.33. The second kappa shape index (κ2) is 7.92. The van der Waals surface area contributed by atoms with Crippen molar-refractivity contribution in [2.75, 3.05) is 13.2 Å². The van der Waals surface area contributed by atoms with Crippen molar-refractivity contribution in [2.45, 2.75) is 38.5 Å². The van der Waals surface area contributed by atoms with Gasteiger partial charge >= 0.3 is 0 Å². The standard InChI is InChI=1S/C17H22N4O3/c1-13(21-12-18-11-20-21)17(22)19-9-14-4-6-15(7-5-14)24-10-16-3-2-8-23-16/h4-7,11-13,16H,2-3,8-10H2,1H3,(H,19,22). The fraction of sp³-hybridized carbons (Fsp3) is 0.471. The van der Waals surface area contributed by atoms with E-state index in [-0.39, 0.29) is 18.1 Å². The molecule has 0 saturated carbocycles. The molecule has 2 unspecified atom stereocenters. The molecule has 1 aliphatic heterocycles. The first-order valence-electron chi connectivity index (χ1n) is 8.17. The van der Waals surface area contributed by atoms with Gasteiger partial charge in [-0.15, -0.1) is 0 Å². The lowest BCUT2D eigenvalue weighted by molar-refractivity contribution is -0.124. The van der Waals surface area contributed by atoms with Crippen LogP contribution in [0.3, 0.4) is 0 Å². The van der Waals surface area contributed by atoms with E-state index < -0.39 is 0 Å². The molecule has 7 heteroatoms. The zero-order valence-corrected chi connectivity index (χ0v) is 13.7. The highest BCUT2D eigenvalue weighted by Crippen LogP contribution is 2.16. The lowest BCUT2D eigenvalue weighted by Gasteiger charge is -2.13. The highest BCUT2D eigenvalue weighted by Gasteiger charge is 2.16. The Kier molecular flexibility index (Phi) is 5.43. The van der Waals surface area contributed by atoms with Crippen LogP contribution >= 0.6 is 0 Å². The Hall–Kier alpha value is -2.41. The minimum Gasteiger partial charge on any atom is -0.491 e. The molecule has 2 atom stereocenters. The van der Waals surface area contributed by atoms with Gasteiger partial charge in [0.15, 0.2) is 0 Å². The molecular formula is C17H22N4O3. The van der Waals surface area contributed by atoms with Gasteiger partial charge in [0.2, 0.25) is 5.91 Å². The summed E-state index contributed by atoms with van der Waals surface area (Å²) >= 11 is 0. The Morgan fingerprint density at radius 1 is 1.46 bits per heavy atom. The van der Waals surface area contributed by atoms with Crippen LogP contribution in [0.2, 0.25) is 0 Å². The molecule has 0 radical (unpaired) electrons. The van der Waals surface area contributed by atoms with Crippen molar-refractivity contribution in [1.29, 1.82) is 0 Å². The number of carbonyl (C=O) groups is 1. The Morgan fingerprint density at radius 2 is 2.29 bits per heavy atom. The average molecular weight is 330 g/mol. The number of hydrogen-bond donors (Lipinski definition) is 1. The molecule has 0 bridgehead atoms. The van der Waals surface area contributed by atoms with E-state index in [1.165, 1.54) is 17.3 Å². The zero-order chi connectivity index (χ0) is 16.8. The highest BCUT2D eigenvalue weighted by atomic mass is 16.5. The summed E-state index contributed by atoms with van der Waals surface area (Å²) in [5.41, 5.74) is 1.01. The summed E-state index contributed by atoms with van der Waals surface area (Å²) in [4.78, 5) is 15.9. The van der Waals surface area contributed by atoms with Gasteiger partial charge in [-0.2, -0.15) is 5.10 Å². The Labute approximate surface area is 141 Å². The Balaban J connectivity index is 1.44. The summed E-state index contributed by atoms with van der Waals surface area (Å²) < 4.78 is 12.8. The molecule has 1 aromatic heterocycles. The first-order chi connectivity index (χ1) is 11.7. The fourth-order valence-corrected chi connectivity index (χ4v) is 2.54. The molecule has 7 nitrogen and oxygen atoms in total. The third kappa shape index (κ3) is 4.32. The summed E-state index contributed by atoms with van der Waals surface area (Å²) in [5.74, 6) is 0.718. The maximum atomic E-state index is 12.1. The van der Waals surface area contributed by atoms with Gasteiger partial charge in [-0.1, -0.05) is 12.1 Å². The summed E-state index contributed by atoms with van der Waals surface area (Å²) in [6, 6.07) is 7.34. The molecule has 2 heterocycles. The molecule has 0 aliphatic carbocycles. The topological polar surface area (TPSA) is 78.3 Å². The molecule has 1 amide bonds. The van der Waals surface area contributed by atoms with E-state index in [2.05, 4.69) is 15.4 Å². The predicted octanol–water partition coefficient (Wildman–Crippen LogP) is 1.71. The molecule has 0 spiro atoms. The molecule has 1 aromatic carbocycles. The van der Waals surface area contributed by atoms with Gasteiger partial charge in [0, 0.05) is 13.2 Å². The van der Waals surface area contributed by atoms with Gasteiger partial charge < -0.3 is 14.8 Å². The van der Waals surface area contributed by atoms with Gasteiger partial charge in [-0.3, -0.25) is 4.79 Å². The summed E-state index contributed by atoms with van der Waals surface area (Å²) in [6.45, 7) is 3.67. The summed E-state index contributed by atoms with van der Waals surface area (Å²) in [7, 11) is 0. The fourth-order valence-electron chi connectivity index (χ4n) is 2.54. The quantitative estimate of drug-likeness (QED) is 0.836. The number of benzene rings is 1. The van der Waals surface area contributed by atoms with Crippen molar-refractivity contribution in [3.05, 3.63) is 42.5 Å². The number of hydrogen-bond acceptors (Lipinski definition) is 5. The van der Waals surface area contributed by atoms with E-state index in [1.54, 1.807) is 6.92 Å². The molecular weight excluding hydrogens is 308 g/mol. The van der Waals surface area contributed by atoms with Crippen LogP contribution in [0, 0.1) is 0 Å². The van der Waals surface area contributed by atoms with E-state index in [4.69, 9.17) is 9.47 Å². The second-order valence-electron chi connectivity index (χ2n) is 5.86. The van der Waals surface area contributed by atoms with Crippen LogP contribution in [0.15, 0.2) is 36.9 Å². The number of ether oxygens (including phenoxy) is 2. The number of nitrogens with zero attached hydrogens (tertiary/aromatic N) is 3. The van der Waals surface area contributed by atoms with Gasteiger partial charge in [-0.25, -0.2) is 9.67 Å². The molecule has 24 heavy (non-hydrogen) atoms. The van der Waals surface area contributed by atoms with Crippen molar-refractivity contribution in [1.82, 2.24) is 20.1 Å². The molecule has 3 rings (SSSR count). The van der Waals surface area contributed by atoms with E-state index in [0.717, 1.165) is 30.8 Å². The zero-order valence-electron chi connectivity index (χ0n) is 13.7. The van der Waals surface area contributed by atoms with Gasteiger partial charge in [0.1, 0.15) is 31.1 Å². The van der Waals surface area contributed by atoms with Crippen LogP contribution in [0.4, 0.5) is 0 Å². The third-order valence-electron chi connectivity index (χ3n) is 4.06. The SMILES string of the molecule is CC(C(=O)NCc1ccc(OCC2CCCO2)cc1)n1cncn1. The molecule has 2 aromatic rings. The van der Waals surface area contributed by atoms with Crippen LogP contribution < -0.4 is 10.1 Å². The first-order valence-corrected chi connectivity index (χ1v) is 8.17. The van der Waals surface area contributed by atoms with Crippen LogP contribution in [0.1, 0.15) is 31.4 Å². The van der Waals surface area contributed by atoms with E-state index >= 15 is 0 Å². The predicted molar refractivity (Wildman–Crippen MR) is 87.5 cm³/mol. The maximum Gasteiger partial charge on any atom is 0.244 e. The van der Waals surface area contributed by atoms with E-state index in [1.807, 2.05) is 24.3 Å². The maximum absolute atomic E-state index is 12.1. The monoisotopic (exact) mass is 330 g/mol. The van der Waals surface area contributed by atoms with E-state index in [9.17, 15) is 4.79 Å². The van der Waals surface area contributed by atoms with Crippen LogP contribution in [0.25, 0.3) is 0 Å². The van der Waals surface area contributed by atoms with Crippen LogP contribution in [0.5, 0.6) is 5.75 Å². The normalized spacial score (nSPS) is 18.3. The molecule has 1 aliphatic rings. The number of aromatic nitrogens is 3. The smallest absolute Gasteiger partial charge is 0.244 e. The molecule has 128 valence electrons. The number of carbonyl (C=O) groups excluding carboxylic acids is 1.